The molecule has 1 aromatic heterocycles. The first-order valence-corrected chi connectivity index (χ1v) is 9.04. The normalized spacial score (nSPS) is 21.3. The molecule has 1 saturated heterocycles. The second kappa shape index (κ2) is 7.69. The fourth-order valence-corrected chi connectivity index (χ4v) is 3.86. The summed E-state index contributed by atoms with van der Waals surface area (Å²) in [5.74, 6) is 0.383. The van der Waals surface area contributed by atoms with Crippen LogP contribution in [0.3, 0.4) is 0 Å². The minimum Gasteiger partial charge on any atom is -0.364 e. The summed E-state index contributed by atoms with van der Waals surface area (Å²) in [5.41, 5.74) is 2.97. The summed E-state index contributed by atoms with van der Waals surface area (Å²) >= 11 is 0. The first-order valence-electron chi connectivity index (χ1n) is 9.04. The van der Waals surface area contributed by atoms with Crippen molar-refractivity contribution in [2.24, 2.45) is 0 Å². The Balaban J connectivity index is 1.66. The maximum atomic E-state index is 12.7. The minimum absolute atomic E-state index is 0.0675. The lowest BCUT2D eigenvalue weighted by molar-refractivity contribution is -0.131. The van der Waals surface area contributed by atoms with Crippen molar-refractivity contribution in [3.05, 3.63) is 35.2 Å². The average molecular weight is 329 g/mol. The predicted octanol–water partition coefficient (Wildman–Crippen LogP) is 2.97. The highest BCUT2D eigenvalue weighted by molar-refractivity contribution is 5.95. The standard InChI is InChI=1S/C19H27N3O2/c1-20-19(24)16-9-10-21-18(16)15-8-5-11-22(13-15)17(23)12-14-6-3-2-4-7-14/h6,9-10,15,21H,2-5,7-8,11-13H2,1H3,(H,20,24). The van der Waals surface area contributed by atoms with Crippen molar-refractivity contribution in [2.45, 2.75) is 50.9 Å². The Morgan fingerprint density at radius 2 is 2.21 bits per heavy atom. The molecule has 2 heterocycles. The lowest BCUT2D eigenvalue weighted by Gasteiger charge is -2.33. The molecule has 0 spiro atoms. The Bertz CT molecular complexity index is 632. The van der Waals surface area contributed by atoms with Crippen LogP contribution in [0.15, 0.2) is 23.9 Å². The van der Waals surface area contributed by atoms with Crippen LogP contribution in [0.25, 0.3) is 0 Å². The number of hydrogen-bond acceptors (Lipinski definition) is 2. The van der Waals surface area contributed by atoms with E-state index in [-0.39, 0.29) is 17.7 Å². The van der Waals surface area contributed by atoms with Gasteiger partial charge in [-0.3, -0.25) is 9.59 Å². The van der Waals surface area contributed by atoms with E-state index in [9.17, 15) is 9.59 Å². The highest BCUT2D eigenvalue weighted by Crippen LogP contribution is 2.29. The van der Waals surface area contributed by atoms with Gasteiger partial charge < -0.3 is 15.2 Å². The second-order valence-electron chi connectivity index (χ2n) is 6.85. The van der Waals surface area contributed by atoms with Crippen molar-refractivity contribution in [1.29, 1.82) is 0 Å². The molecule has 1 atom stereocenters. The van der Waals surface area contributed by atoms with Crippen molar-refractivity contribution < 1.29 is 9.59 Å². The number of H-pyrrole nitrogens is 1. The molecule has 2 N–H and O–H groups in total. The van der Waals surface area contributed by atoms with Gasteiger partial charge in [-0.05, 0) is 44.6 Å². The molecule has 1 aliphatic carbocycles. The molecule has 1 aromatic rings. The fraction of sp³-hybridized carbons (Fsp3) is 0.579. The largest absolute Gasteiger partial charge is 0.364 e. The molecule has 3 rings (SSSR count). The first-order chi connectivity index (χ1) is 11.7. The maximum absolute atomic E-state index is 12.7. The number of hydrogen-bond donors (Lipinski definition) is 2. The Morgan fingerprint density at radius 1 is 1.33 bits per heavy atom. The molecule has 5 heteroatoms. The van der Waals surface area contributed by atoms with E-state index in [0.717, 1.165) is 37.9 Å². The van der Waals surface area contributed by atoms with E-state index in [2.05, 4.69) is 16.4 Å². The van der Waals surface area contributed by atoms with Gasteiger partial charge >= 0.3 is 0 Å². The van der Waals surface area contributed by atoms with Gasteiger partial charge in [-0.25, -0.2) is 0 Å². The minimum atomic E-state index is -0.0675. The van der Waals surface area contributed by atoms with Crippen LogP contribution in [0, 0.1) is 0 Å². The number of carbonyl (C=O) groups is 2. The zero-order chi connectivity index (χ0) is 16.9. The Hall–Kier alpha value is -2.04. The predicted molar refractivity (Wildman–Crippen MR) is 93.9 cm³/mol. The molecule has 0 saturated carbocycles. The molecule has 5 nitrogen and oxygen atoms in total. The molecule has 0 bridgehead atoms. The second-order valence-corrected chi connectivity index (χ2v) is 6.85. The number of aromatic amines is 1. The fourth-order valence-electron chi connectivity index (χ4n) is 3.86. The van der Waals surface area contributed by atoms with E-state index in [0.29, 0.717) is 18.5 Å². The van der Waals surface area contributed by atoms with Crippen LogP contribution in [-0.4, -0.2) is 41.8 Å². The van der Waals surface area contributed by atoms with Gasteiger partial charge in [0.1, 0.15) is 0 Å². The molecule has 130 valence electrons. The van der Waals surface area contributed by atoms with Crippen LogP contribution >= 0.6 is 0 Å². The molecular weight excluding hydrogens is 302 g/mol. The number of carbonyl (C=O) groups excluding carboxylic acids is 2. The van der Waals surface area contributed by atoms with Crippen LogP contribution in [0.1, 0.15) is 66.9 Å². The van der Waals surface area contributed by atoms with Gasteiger partial charge in [-0.2, -0.15) is 0 Å². The first kappa shape index (κ1) is 16.8. The van der Waals surface area contributed by atoms with E-state index in [1.165, 1.54) is 18.4 Å². The molecule has 1 fully saturated rings. The third kappa shape index (κ3) is 3.71. The van der Waals surface area contributed by atoms with Gasteiger partial charge in [0.25, 0.3) is 5.91 Å². The van der Waals surface area contributed by atoms with Crippen molar-refractivity contribution >= 4 is 11.8 Å². The van der Waals surface area contributed by atoms with Gasteiger partial charge in [-0.15, -0.1) is 0 Å². The SMILES string of the molecule is CNC(=O)c1cc[nH]c1C1CCCN(C(=O)CC2=CCCCC2)C1. The van der Waals surface area contributed by atoms with Crippen molar-refractivity contribution in [1.82, 2.24) is 15.2 Å². The summed E-state index contributed by atoms with van der Waals surface area (Å²) in [6.07, 6.45) is 11.3. The number of amides is 2. The lowest BCUT2D eigenvalue weighted by atomic mass is 9.91. The summed E-state index contributed by atoms with van der Waals surface area (Å²) in [6, 6.07) is 1.82. The summed E-state index contributed by atoms with van der Waals surface area (Å²) in [4.78, 5) is 29.9. The Labute approximate surface area is 143 Å². The molecule has 1 aliphatic heterocycles. The van der Waals surface area contributed by atoms with Crippen LogP contribution < -0.4 is 5.32 Å². The number of nitrogens with one attached hydrogen (secondary N) is 2. The number of allylic oxidation sites excluding steroid dienone is 1. The van der Waals surface area contributed by atoms with Gasteiger partial charge in [-0.1, -0.05) is 11.6 Å². The zero-order valence-electron chi connectivity index (χ0n) is 14.4. The smallest absolute Gasteiger partial charge is 0.252 e. The van der Waals surface area contributed by atoms with Crippen molar-refractivity contribution in [3.8, 4) is 0 Å². The van der Waals surface area contributed by atoms with E-state index >= 15 is 0 Å². The summed E-state index contributed by atoms with van der Waals surface area (Å²) in [5, 5.41) is 2.69. The van der Waals surface area contributed by atoms with Crippen LogP contribution in [0.4, 0.5) is 0 Å². The van der Waals surface area contributed by atoms with Gasteiger partial charge in [0.15, 0.2) is 0 Å². The third-order valence-electron chi connectivity index (χ3n) is 5.20. The Morgan fingerprint density at radius 3 is 2.96 bits per heavy atom. The molecule has 0 radical (unpaired) electrons. The van der Waals surface area contributed by atoms with E-state index in [1.807, 2.05) is 17.2 Å². The number of piperidine rings is 1. The highest BCUT2D eigenvalue weighted by Gasteiger charge is 2.28. The highest BCUT2D eigenvalue weighted by atomic mass is 16.2. The van der Waals surface area contributed by atoms with E-state index in [4.69, 9.17) is 0 Å². The third-order valence-corrected chi connectivity index (χ3v) is 5.20. The van der Waals surface area contributed by atoms with E-state index < -0.39 is 0 Å². The van der Waals surface area contributed by atoms with Crippen molar-refractivity contribution in [3.63, 3.8) is 0 Å². The monoisotopic (exact) mass is 329 g/mol. The Kier molecular flexibility index (Phi) is 5.38. The molecule has 2 amide bonds. The van der Waals surface area contributed by atoms with Crippen molar-refractivity contribution in [2.75, 3.05) is 20.1 Å². The number of nitrogens with zero attached hydrogens (tertiary/aromatic N) is 1. The summed E-state index contributed by atoms with van der Waals surface area (Å²) < 4.78 is 0. The quantitative estimate of drug-likeness (QED) is 0.834. The molecule has 24 heavy (non-hydrogen) atoms. The number of rotatable bonds is 4. The summed E-state index contributed by atoms with van der Waals surface area (Å²) in [7, 11) is 1.65. The van der Waals surface area contributed by atoms with Crippen LogP contribution in [-0.2, 0) is 4.79 Å². The molecular formula is C19H27N3O2. The average Bonchev–Trinajstić information content (AvgIpc) is 3.12. The maximum Gasteiger partial charge on any atom is 0.252 e. The lowest BCUT2D eigenvalue weighted by Crippen LogP contribution is -2.39. The summed E-state index contributed by atoms with van der Waals surface area (Å²) in [6.45, 7) is 1.54. The topological polar surface area (TPSA) is 65.2 Å². The van der Waals surface area contributed by atoms with Gasteiger partial charge in [0.05, 0.1) is 5.56 Å². The molecule has 2 aliphatic rings. The van der Waals surface area contributed by atoms with Crippen LogP contribution in [0.5, 0.6) is 0 Å². The number of likely N-dealkylation sites (tertiary alicyclic amines) is 1. The van der Waals surface area contributed by atoms with Gasteiger partial charge in [0, 0.05) is 44.4 Å². The van der Waals surface area contributed by atoms with Gasteiger partial charge in [0.2, 0.25) is 5.91 Å². The zero-order valence-corrected chi connectivity index (χ0v) is 14.4. The number of aromatic nitrogens is 1. The van der Waals surface area contributed by atoms with E-state index in [1.54, 1.807) is 7.05 Å². The molecule has 1 unspecified atom stereocenters. The molecule has 0 aromatic carbocycles. The van der Waals surface area contributed by atoms with Crippen LogP contribution in [0.2, 0.25) is 0 Å².